The Morgan fingerprint density at radius 2 is 1.65 bits per heavy atom. The van der Waals surface area contributed by atoms with Gasteiger partial charge in [-0.1, -0.05) is 40.5 Å². The first-order chi connectivity index (χ1) is 9.18. The third kappa shape index (κ3) is 2.50. The number of amides is 2. The highest BCUT2D eigenvalue weighted by Crippen LogP contribution is 2.62. The monoisotopic (exact) mass is 282 g/mol. The van der Waals surface area contributed by atoms with E-state index in [2.05, 4.69) is 33.0 Å². The van der Waals surface area contributed by atoms with E-state index < -0.39 is 5.97 Å². The summed E-state index contributed by atoms with van der Waals surface area (Å²) >= 11 is 0. The number of aliphatic carboxylic acids is 1. The van der Waals surface area contributed by atoms with E-state index in [0.29, 0.717) is 0 Å². The molecule has 5 nitrogen and oxygen atoms in total. The number of hydrogen-bond acceptors (Lipinski definition) is 2. The molecule has 2 aliphatic rings. The normalized spacial score (nSPS) is 24.4. The van der Waals surface area contributed by atoms with E-state index in [-0.39, 0.29) is 35.5 Å². The highest BCUT2D eigenvalue weighted by molar-refractivity contribution is 5.81. The van der Waals surface area contributed by atoms with E-state index in [1.54, 1.807) is 0 Å². The Morgan fingerprint density at radius 1 is 1.15 bits per heavy atom. The summed E-state index contributed by atoms with van der Waals surface area (Å²) in [7, 11) is 0. The average Bonchev–Trinajstić information content (AvgIpc) is 2.79. The molecule has 20 heavy (non-hydrogen) atoms. The lowest BCUT2D eigenvalue weighted by Gasteiger charge is -2.28. The maximum absolute atomic E-state index is 12.4. The number of carbonyl (C=O) groups is 2. The maximum Gasteiger partial charge on any atom is 0.323 e. The van der Waals surface area contributed by atoms with Gasteiger partial charge in [0.1, 0.15) is 6.54 Å². The van der Waals surface area contributed by atoms with Gasteiger partial charge in [-0.05, 0) is 23.7 Å². The van der Waals surface area contributed by atoms with Gasteiger partial charge in [0.25, 0.3) is 0 Å². The molecule has 2 rings (SSSR count). The zero-order chi connectivity index (χ0) is 15.1. The minimum atomic E-state index is -0.943. The van der Waals surface area contributed by atoms with Crippen molar-refractivity contribution in [2.45, 2.75) is 65.5 Å². The van der Waals surface area contributed by atoms with Gasteiger partial charge in [-0.2, -0.15) is 0 Å². The molecular weight excluding hydrogens is 256 g/mol. The molecule has 2 aliphatic carbocycles. The van der Waals surface area contributed by atoms with Gasteiger partial charge in [0, 0.05) is 12.1 Å². The Morgan fingerprint density at radius 3 is 2.05 bits per heavy atom. The second-order valence-electron chi connectivity index (χ2n) is 7.29. The Balaban J connectivity index is 2.02. The summed E-state index contributed by atoms with van der Waals surface area (Å²) < 4.78 is 0. The van der Waals surface area contributed by atoms with Crippen LogP contribution in [0, 0.1) is 10.8 Å². The lowest BCUT2D eigenvalue weighted by atomic mass is 10.0. The number of carboxylic acids is 1. The number of hydrogen-bond donors (Lipinski definition) is 2. The van der Waals surface area contributed by atoms with Crippen molar-refractivity contribution in [2.75, 3.05) is 6.54 Å². The van der Waals surface area contributed by atoms with Crippen LogP contribution in [0.5, 0.6) is 0 Å². The smallest absolute Gasteiger partial charge is 0.323 e. The molecule has 114 valence electrons. The van der Waals surface area contributed by atoms with Crippen LogP contribution in [0.2, 0.25) is 0 Å². The summed E-state index contributed by atoms with van der Waals surface area (Å²) in [5, 5.41) is 12.1. The summed E-state index contributed by atoms with van der Waals surface area (Å²) in [5.74, 6) is -0.943. The van der Waals surface area contributed by atoms with E-state index >= 15 is 0 Å². The van der Waals surface area contributed by atoms with Crippen LogP contribution in [-0.2, 0) is 4.79 Å². The summed E-state index contributed by atoms with van der Waals surface area (Å²) in [6.45, 7) is 8.33. The molecule has 5 heteroatoms. The standard InChI is InChI=1S/C15H26N2O3/c1-14(2)12(15(14,3)4)16-13(20)17(9-11(18)19)10-7-5-6-8-10/h10,12H,5-9H2,1-4H3,(H,16,20)(H,18,19). The van der Waals surface area contributed by atoms with Gasteiger partial charge in [0.05, 0.1) is 0 Å². The minimum absolute atomic E-state index is 0.0627. The van der Waals surface area contributed by atoms with Crippen molar-refractivity contribution in [3.8, 4) is 0 Å². The zero-order valence-corrected chi connectivity index (χ0v) is 12.9. The van der Waals surface area contributed by atoms with E-state index in [1.165, 1.54) is 4.90 Å². The summed E-state index contributed by atoms with van der Waals surface area (Å²) in [6.07, 6.45) is 3.99. The van der Waals surface area contributed by atoms with Crippen LogP contribution in [0.1, 0.15) is 53.4 Å². The molecule has 2 saturated carbocycles. The van der Waals surface area contributed by atoms with Crippen molar-refractivity contribution in [2.24, 2.45) is 10.8 Å². The van der Waals surface area contributed by atoms with Gasteiger partial charge in [-0.3, -0.25) is 4.79 Å². The molecule has 2 amide bonds. The van der Waals surface area contributed by atoms with Crippen LogP contribution in [0.4, 0.5) is 4.79 Å². The Hall–Kier alpha value is -1.26. The molecule has 0 spiro atoms. The van der Waals surface area contributed by atoms with E-state index in [0.717, 1.165) is 25.7 Å². The van der Waals surface area contributed by atoms with E-state index in [9.17, 15) is 9.59 Å². The average molecular weight is 282 g/mol. The van der Waals surface area contributed by atoms with Crippen molar-refractivity contribution in [3.05, 3.63) is 0 Å². The van der Waals surface area contributed by atoms with Crippen molar-refractivity contribution >= 4 is 12.0 Å². The Bertz CT molecular complexity index is 397. The van der Waals surface area contributed by atoms with Crippen LogP contribution in [0.15, 0.2) is 0 Å². The first-order valence-electron chi connectivity index (χ1n) is 7.47. The number of nitrogens with one attached hydrogen (secondary N) is 1. The largest absolute Gasteiger partial charge is 0.480 e. The maximum atomic E-state index is 12.4. The van der Waals surface area contributed by atoms with E-state index in [4.69, 9.17) is 5.11 Å². The lowest BCUT2D eigenvalue weighted by molar-refractivity contribution is -0.138. The second kappa shape index (κ2) is 4.93. The lowest BCUT2D eigenvalue weighted by Crippen LogP contribution is -2.49. The fraction of sp³-hybridized carbons (Fsp3) is 0.867. The van der Waals surface area contributed by atoms with Gasteiger partial charge in [0.15, 0.2) is 0 Å². The van der Waals surface area contributed by atoms with Gasteiger partial charge in [-0.15, -0.1) is 0 Å². The highest BCUT2D eigenvalue weighted by Gasteiger charge is 2.65. The molecule has 0 aromatic rings. The number of carbonyl (C=O) groups excluding carboxylic acids is 1. The van der Waals surface area contributed by atoms with Crippen LogP contribution in [-0.4, -0.2) is 40.6 Å². The summed E-state index contributed by atoms with van der Waals surface area (Å²) in [6, 6.07) is -0.0285. The molecule has 0 atom stereocenters. The van der Waals surface area contributed by atoms with Gasteiger partial charge in [-0.25, -0.2) is 4.79 Å². The van der Waals surface area contributed by atoms with Crippen LogP contribution < -0.4 is 5.32 Å². The first kappa shape index (κ1) is 15.1. The van der Waals surface area contributed by atoms with Gasteiger partial charge in [0.2, 0.25) is 0 Å². The van der Waals surface area contributed by atoms with Crippen molar-refractivity contribution < 1.29 is 14.7 Å². The second-order valence-corrected chi connectivity index (χ2v) is 7.29. The van der Waals surface area contributed by atoms with Crippen LogP contribution in [0.3, 0.4) is 0 Å². The predicted molar refractivity (Wildman–Crippen MR) is 76.5 cm³/mol. The van der Waals surface area contributed by atoms with Gasteiger partial charge < -0.3 is 15.3 Å². The predicted octanol–water partition coefficient (Wildman–Crippen LogP) is 2.46. The number of rotatable bonds is 4. The highest BCUT2D eigenvalue weighted by atomic mass is 16.4. The molecule has 0 bridgehead atoms. The number of urea groups is 1. The fourth-order valence-electron chi connectivity index (χ4n) is 3.49. The third-order valence-corrected chi connectivity index (χ3v) is 5.62. The van der Waals surface area contributed by atoms with Crippen LogP contribution in [0.25, 0.3) is 0 Å². The molecule has 0 aromatic carbocycles. The number of nitrogens with zero attached hydrogens (tertiary/aromatic N) is 1. The molecule has 0 unspecified atom stereocenters. The van der Waals surface area contributed by atoms with Crippen molar-refractivity contribution in [3.63, 3.8) is 0 Å². The molecule has 0 aliphatic heterocycles. The summed E-state index contributed by atoms with van der Waals surface area (Å²) in [4.78, 5) is 25.0. The molecule has 0 radical (unpaired) electrons. The van der Waals surface area contributed by atoms with Crippen LogP contribution >= 0.6 is 0 Å². The van der Waals surface area contributed by atoms with Gasteiger partial charge >= 0.3 is 12.0 Å². The molecular formula is C15H26N2O3. The summed E-state index contributed by atoms with van der Waals surface area (Å²) in [5.41, 5.74) is 0.125. The van der Waals surface area contributed by atoms with Crippen molar-refractivity contribution in [1.29, 1.82) is 0 Å². The Labute approximate surface area is 120 Å². The number of carboxylic acid groups (broad SMARTS) is 1. The molecule has 2 fully saturated rings. The topological polar surface area (TPSA) is 69.6 Å². The first-order valence-corrected chi connectivity index (χ1v) is 7.47. The minimum Gasteiger partial charge on any atom is -0.480 e. The third-order valence-electron chi connectivity index (χ3n) is 5.62. The molecule has 2 N–H and O–H groups in total. The fourth-order valence-corrected chi connectivity index (χ4v) is 3.49. The van der Waals surface area contributed by atoms with E-state index in [1.807, 2.05) is 0 Å². The molecule has 0 saturated heterocycles. The quantitative estimate of drug-likeness (QED) is 0.832. The Kier molecular flexibility index (Phi) is 3.73. The molecule has 0 aromatic heterocycles. The van der Waals surface area contributed by atoms with Crippen molar-refractivity contribution in [1.82, 2.24) is 10.2 Å². The molecule has 0 heterocycles. The SMILES string of the molecule is CC1(C)C(NC(=O)N(CC(=O)O)C2CCCC2)C1(C)C. The zero-order valence-electron chi connectivity index (χ0n) is 12.9.